The number of nitrogens with zero attached hydrogens (tertiary/aromatic N) is 3. The van der Waals surface area contributed by atoms with Crippen LogP contribution in [0.1, 0.15) is 43.2 Å². The molecule has 1 aliphatic carbocycles. The third-order valence-electron chi connectivity index (χ3n) is 5.96. The van der Waals surface area contributed by atoms with Gasteiger partial charge in [-0.05, 0) is 56.2 Å². The molecule has 4 nitrogen and oxygen atoms in total. The molecule has 1 unspecified atom stereocenters. The van der Waals surface area contributed by atoms with Crippen molar-refractivity contribution in [3.63, 3.8) is 0 Å². The van der Waals surface area contributed by atoms with Gasteiger partial charge in [0.2, 0.25) is 5.91 Å². The van der Waals surface area contributed by atoms with Crippen molar-refractivity contribution in [2.45, 2.75) is 38.6 Å². The van der Waals surface area contributed by atoms with E-state index in [-0.39, 0.29) is 5.41 Å². The average molecular weight is 323 g/mol. The van der Waals surface area contributed by atoms with Gasteiger partial charge in [0.25, 0.3) is 0 Å². The molecule has 1 saturated carbocycles. The Hall–Kier alpha value is -1.86. The van der Waals surface area contributed by atoms with Gasteiger partial charge in [0.05, 0.1) is 17.0 Å². The lowest BCUT2D eigenvalue weighted by Gasteiger charge is -2.39. The Kier molecular flexibility index (Phi) is 4.05. The molecule has 4 heteroatoms. The number of likely N-dealkylation sites (tertiary alicyclic amines) is 2. The molecule has 2 aliphatic heterocycles. The summed E-state index contributed by atoms with van der Waals surface area (Å²) in [4.78, 5) is 17.6. The van der Waals surface area contributed by atoms with Crippen molar-refractivity contribution >= 4 is 5.91 Å². The van der Waals surface area contributed by atoms with Gasteiger partial charge in [0.1, 0.15) is 0 Å². The molecule has 3 aliphatic rings. The Morgan fingerprint density at radius 2 is 2.04 bits per heavy atom. The molecular formula is C20H25N3O. The number of benzene rings is 1. The van der Waals surface area contributed by atoms with E-state index < -0.39 is 0 Å². The molecule has 24 heavy (non-hydrogen) atoms. The minimum atomic E-state index is -0.158. The van der Waals surface area contributed by atoms with Crippen molar-refractivity contribution in [2.75, 3.05) is 26.2 Å². The van der Waals surface area contributed by atoms with E-state index in [4.69, 9.17) is 0 Å². The lowest BCUT2D eigenvalue weighted by Crippen LogP contribution is -2.50. The fourth-order valence-corrected chi connectivity index (χ4v) is 4.42. The summed E-state index contributed by atoms with van der Waals surface area (Å²) in [5, 5.41) is 9.27. The maximum atomic E-state index is 13.1. The van der Waals surface area contributed by atoms with Crippen LogP contribution in [0.5, 0.6) is 0 Å². The van der Waals surface area contributed by atoms with Gasteiger partial charge in [0, 0.05) is 26.2 Å². The number of hydrogen-bond acceptors (Lipinski definition) is 3. The van der Waals surface area contributed by atoms with Crippen LogP contribution in [0.25, 0.3) is 0 Å². The van der Waals surface area contributed by atoms with Crippen LogP contribution in [0.15, 0.2) is 24.3 Å². The molecule has 1 atom stereocenters. The summed E-state index contributed by atoms with van der Waals surface area (Å²) < 4.78 is 0. The number of rotatable bonds is 4. The van der Waals surface area contributed by atoms with Gasteiger partial charge < -0.3 is 4.90 Å². The van der Waals surface area contributed by atoms with E-state index in [0.29, 0.717) is 5.91 Å². The number of carbonyl (C=O) groups excluding carboxylic acids is 1. The zero-order valence-corrected chi connectivity index (χ0v) is 14.2. The fourth-order valence-electron chi connectivity index (χ4n) is 4.42. The molecule has 3 fully saturated rings. The number of nitriles is 1. The standard InChI is InChI=1S/C20H25N3O/c21-12-17-4-1-2-5-18(17)14-22-11-9-20(15-22)8-3-10-23(19(20)24)13-16-6-7-16/h1-2,4-5,16H,3,6-11,13-15H2. The van der Waals surface area contributed by atoms with Gasteiger partial charge in [0.15, 0.2) is 0 Å². The monoisotopic (exact) mass is 323 g/mol. The largest absolute Gasteiger partial charge is 0.342 e. The summed E-state index contributed by atoms with van der Waals surface area (Å²) in [5.41, 5.74) is 1.67. The zero-order chi connectivity index (χ0) is 16.6. The van der Waals surface area contributed by atoms with Crippen LogP contribution in [0.2, 0.25) is 0 Å². The second kappa shape index (κ2) is 6.22. The van der Waals surface area contributed by atoms with Crippen LogP contribution in [0.3, 0.4) is 0 Å². The Morgan fingerprint density at radius 1 is 1.21 bits per heavy atom. The van der Waals surface area contributed by atoms with Crippen molar-refractivity contribution in [2.24, 2.45) is 11.3 Å². The van der Waals surface area contributed by atoms with Crippen LogP contribution in [0, 0.1) is 22.7 Å². The lowest BCUT2D eigenvalue weighted by atomic mass is 9.78. The maximum absolute atomic E-state index is 13.1. The quantitative estimate of drug-likeness (QED) is 0.856. The van der Waals surface area contributed by atoms with Gasteiger partial charge in [-0.25, -0.2) is 0 Å². The van der Waals surface area contributed by atoms with Crippen LogP contribution >= 0.6 is 0 Å². The molecule has 2 saturated heterocycles. The third-order valence-corrected chi connectivity index (χ3v) is 5.96. The first-order valence-electron chi connectivity index (χ1n) is 9.20. The Morgan fingerprint density at radius 3 is 2.83 bits per heavy atom. The van der Waals surface area contributed by atoms with E-state index in [0.717, 1.165) is 69.0 Å². The molecular weight excluding hydrogens is 298 g/mol. The molecule has 126 valence electrons. The van der Waals surface area contributed by atoms with E-state index in [9.17, 15) is 10.1 Å². The van der Waals surface area contributed by atoms with Crippen molar-refractivity contribution in [1.82, 2.24) is 9.80 Å². The van der Waals surface area contributed by atoms with E-state index in [2.05, 4.69) is 15.9 Å². The average Bonchev–Trinajstić information content (AvgIpc) is 3.33. The molecule has 4 rings (SSSR count). The van der Waals surface area contributed by atoms with Gasteiger partial charge in [-0.2, -0.15) is 5.26 Å². The summed E-state index contributed by atoms with van der Waals surface area (Å²) in [6.45, 7) is 4.53. The summed E-state index contributed by atoms with van der Waals surface area (Å²) in [6.07, 6.45) is 5.74. The third kappa shape index (κ3) is 2.93. The number of hydrogen-bond donors (Lipinski definition) is 0. The SMILES string of the molecule is N#Cc1ccccc1CN1CCC2(CCCN(CC3CC3)C2=O)C1. The van der Waals surface area contributed by atoms with Crippen molar-refractivity contribution < 1.29 is 4.79 Å². The number of piperidine rings is 1. The number of amides is 1. The van der Waals surface area contributed by atoms with E-state index >= 15 is 0 Å². The summed E-state index contributed by atoms with van der Waals surface area (Å²) in [5.74, 6) is 1.17. The molecule has 2 heterocycles. The Labute approximate surface area is 144 Å². The predicted molar refractivity (Wildman–Crippen MR) is 92.0 cm³/mol. The molecule has 0 N–H and O–H groups in total. The van der Waals surface area contributed by atoms with Gasteiger partial charge >= 0.3 is 0 Å². The second-order valence-corrected chi connectivity index (χ2v) is 7.81. The van der Waals surface area contributed by atoms with E-state index in [1.54, 1.807) is 0 Å². The first-order chi connectivity index (χ1) is 11.7. The number of carbonyl (C=O) groups is 1. The summed E-state index contributed by atoms with van der Waals surface area (Å²) in [7, 11) is 0. The summed E-state index contributed by atoms with van der Waals surface area (Å²) >= 11 is 0. The maximum Gasteiger partial charge on any atom is 0.230 e. The molecule has 1 aromatic carbocycles. The summed E-state index contributed by atoms with van der Waals surface area (Å²) in [6, 6.07) is 10.1. The van der Waals surface area contributed by atoms with Crippen molar-refractivity contribution in [3.8, 4) is 6.07 Å². The van der Waals surface area contributed by atoms with Crippen molar-refractivity contribution in [1.29, 1.82) is 5.26 Å². The van der Waals surface area contributed by atoms with Crippen molar-refractivity contribution in [3.05, 3.63) is 35.4 Å². The molecule has 0 bridgehead atoms. The van der Waals surface area contributed by atoms with Gasteiger partial charge in [-0.1, -0.05) is 18.2 Å². The minimum Gasteiger partial charge on any atom is -0.342 e. The highest BCUT2D eigenvalue weighted by Gasteiger charge is 2.48. The highest BCUT2D eigenvalue weighted by Crippen LogP contribution is 2.42. The molecule has 1 aromatic rings. The first kappa shape index (κ1) is 15.7. The predicted octanol–water partition coefficient (Wildman–Crippen LogP) is 2.78. The Balaban J connectivity index is 1.45. The first-order valence-corrected chi connectivity index (χ1v) is 9.20. The molecule has 1 amide bonds. The van der Waals surface area contributed by atoms with Crippen LogP contribution in [-0.4, -0.2) is 41.9 Å². The van der Waals surface area contributed by atoms with Crippen LogP contribution < -0.4 is 0 Å². The second-order valence-electron chi connectivity index (χ2n) is 7.81. The minimum absolute atomic E-state index is 0.158. The fraction of sp³-hybridized carbons (Fsp3) is 0.600. The highest BCUT2D eigenvalue weighted by molar-refractivity contribution is 5.84. The zero-order valence-electron chi connectivity index (χ0n) is 14.2. The smallest absolute Gasteiger partial charge is 0.230 e. The van der Waals surface area contributed by atoms with Crippen LogP contribution in [-0.2, 0) is 11.3 Å². The molecule has 0 aromatic heterocycles. The molecule has 0 radical (unpaired) electrons. The lowest BCUT2D eigenvalue weighted by molar-refractivity contribution is -0.145. The van der Waals surface area contributed by atoms with Crippen LogP contribution in [0.4, 0.5) is 0 Å². The van der Waals surface area contributed by atoms with E-state index in [1.165, 1.54) is 12.8 Å². The van der Waals surface area contributed by atoms with E-state index in [1.807, 2.05) is 24.3 Å². The topological polar surface area (TPSA) is 47.3 Å². The normalized spacial score (nSPS) is 27.6. The highest BCUT2D eigenvalue weighted by atomic mass is 16.2. The van der Waals surface area contributed by atoms with Gasteiger partial charge in [-0.3, -0.25) is 9.69 Å². The van der Waals surface area contributed by atoms with Gasteiger partial charge in [-0.15, -0.1) is 0 Å². The molecule has 1 spiro atoms. The Bertz CT molecular complexity index is 676.